The average molecular weight is 311 g/mol. The summed E-state index contributed by atoms with van der Waals surface area (Å²) in [5, 5.41) is 4.27. The van der Waals surface area contributed by atoms with Gasteiger partial charge in [-0.1, -0.05) is 13.8 Å². The fourth-order valence-corrected chi connectivity index (χ4v) is 3.75. The van der Waals surface area contributed by atoms with Crippen molar-refractivity contribution < 1.29 is 4.39 Å². The van der Waals surface area contributed by atoms with Crippen LogP contribution in [0.1, 0.15) is 38.4 Å². The molecule has 2 heterocycles. The highest BCUT2D eigenvalue weighted by atomic mass is 32.2. The van der Waals surface area contributed by atoms with Crippen molar-refractivity contribution in [2.45, 2.75) is 38.0 Å². The molecule has 118 valence electrons. The van der Waals surface area contributed by atoms with Crippen LogP contribution in [0.15, 0.2) is 18.3 Å². The van der Waals surface area contributed by atoms with Crippen LogP contribution in [0.4, 0.5) is 4.39 Å². The first-order valence-electron chi connectivity index (χ1n) is 7.88. The Kier molecular flexibility index (Phi) is 6.93. The summed E-state index contributed by atoms with van der Waals surface area (Å²) >= 11 is 2.06. The van der Waals surface area contributed by atoms with Crippen LogP contribution in [-0.4, -0.2) is 47.1 Å². The van der Waals surface area contributed by atoms with E-state index in [1.807, 2.05) is 0 Å². The zero-order chi connectivity index (χ0) is 15.1. The smallest absolute Gasteiger partial charge is 0.141 e. The van der Waals surface area contributed by atoms with Crippen molar-refractivity contribution in [3.05, 3.63) is 29.8 Å². The van der Waals surface area contributed by atoms with Gasteiger partial charge in [0.1, 0.15) is 5.82 Å². The van der Waals surface area contributed by atoms with Crippen LogP contribution in [0.5, 0.6) is 0 Å². The SMILES string of the molecule is CCCNC(CCN1CCSC(C)C1)c1ccc(F)cn1. The van der Waals surface area contributed by atoms with Gasteiger partial charge in [-0.15, -0.1) is 0 Å². The number of nitrogens with one attached hydrogen (secondary N) is 1. The number of nitrogens with zero attached hydrogens (tertiary/aromatic N) is 2. The van der Waals surface area contributed by atoms with Gasteiger partial charge in [0.15, 0.2) is 0 Å². The van der Waals surface area contributed by atoms with E-state index >= 15 is 0 Å². The maximum absolute atomic E-state index is 13.0. The summed E-state index contributed by atoms with van der Waals surface area (Å²) in [6, 6.07) is 3.52. The van der Waals surface area contributed by atoms with Gasteiger partial charge in [0.2, 0.25) is 0 Å². The van der Waals surface area contributed by atoms with E-state index in [1.54, 1.807) is 6.07 Å². The maximum atomic E-state index is 13.0. The zero-order valence-corrected chi connectivity index (χ0v) is 13.8. The molecule has 0 saturated carbocycles. The number of aromatic nitrogens is 1. The summed E-state index contributed by atoms with van der Waals surface area (Å²) in [5.74, 6) is 0.957. The first-order valence-corrected chi connectivity index (χ1v) is 8.92. The lowest BCUT2D eigenvalue weighted by molar-refractivity contribution is 0.266. The second-order valence-corrected chi connectivity index (χ2v) is 7.23. The van der Waals surface area contributed by atoms with Gasteiger partial charge < -0.3 is 10.2 Å². The summed E-state index contributed by atoms with van der Waals surface area (Å²) in [4.78, 5) is 6.78. The fourth-order valence-electron chi connectivity index (χ4n) is 2.67. The number of halogens is 1. The Morgan fingerprint density at radius 2 is 2.38 bits per heavy atom. The summed E-state index contributed by atoms with van der Waals surface area (Å²) in [6.07, 6.45) is 3.43. The molecule has 1 aromatic heterocycles. The number of pyridine rings is 1. The van der Waals surface area contributed by atoms with Gasteiger partial charge in [-0.25, -0.2) is 4.39 Å². The quantitative estimate of drug-likeness (QED) is 0.837. The van der Waals surface area contributed by atoms with Crippen molar-refractivity contribution >= 4 is 11.8 Å². The first-order chi connectivity index (χ1) is 10.2. The predicted octanol–water partition coefficient (Wildman–Crippen LogP) is 3.09. The van der Waals surface area contributed by atoms with Crippen molar-refractivity contribution in [2.75, 3.05) is 31.9 Å². The lowest BCUT2D eigenvalue weighted by Gasteiger charge is -2.31. The van der Waals surface area contributed by atoms with Crippen LogP contribution in [0.2, 0.25) is 0 Å². The molecule has 0 bridgehead atoms. The lowest BCUT2D eigenvalue weighted by Crippen LogP contribution is -2.38. The predicted molar refractivity (Wildman–Crippen MR) is 88.2 cm³/mol. The third kappa shape index (κ3) is 5.57. The Balaban J connectivity index is 1.91. The monoisotopic (exact) mass is 311 g/mol. The molecule has 1 aliphatic rings. The second kappa shape index (κ2) is 8.71. The molecule has 2 atom stereocenters. The van der Waals surface area contributed by atoms with Crippen LogP contribution in [0.3, 0.4) is 0 Å². The van der Waals surface area contributed by atoms with Crippen LogP contribution in [-0.2, 0) is 0 Å². The van der Waals surface area contributed by atoms with Crippen molar-refractivity contribution in [2.24, 2.45) is 0 Å². The average Bonchev–Trinajstić information content (AvgIpc) is 2.49. The highest BCUT2D eigenvalue weighted by molar-refractivity contribution is 7.99. The third-order valence-corrected chi connectivity index (χ3v) is 4.94. The van der Waals surface area contributed by atoms with E-state index in [1.165, 1.54) is 31.1 Å². The standard InChI is InChI=1S/C16H26FN3S/c1-3-7-18-16(15-5-4-14(17)11-19-15)6-8-20-9-10-21-13(2)12-20/h4-5,11,13,16,18H,3,6-10,12H2,1-2H3. The maximum Gasteiger partial charge on any atom is 0.141 e. The molecule has 2 unspecified atom stereocenters. The van der Waals surface area contributed by atoms with Crippen LogP contribution >= 0.6 is 11.8 Å². The van der Waals surface area contributed by atoms with Crippen molar-refractivity contribution in [3.63, 3.8) is 0 Å². The number of thioether (sulfide) groups is 1. The van der Waals surface area contributed by atoms with E-state index < -0.39 is 0 Å². The Bertz CT molecular complexity index is 412. The van der Waals surface area contributed by atoms with E-state index in [-0.39, 0.29) is 11.9 Å². The summed E-state index contributed by atoms with van der Waals surface area (Å²) in [5.41, 5.74) is 0.948. The molecule has 3 nitrogen and oxygen atoms in total. The molecule has 1 saturated heterocycles. The third-order valence-electron chi connectivity index (χ3n) is 3.81. The topological polar surface area (TPSA) is 28.2 Å². The van der Waals surface area contributed by atoms with Crippen molar-refractivity contribution in [1.82, 2.24) is 15.2 Å². The van der Waals surface area contributed by atoms with Gasteiger partial charge in [-0.3, -0.25) is 4.98 Å². The molecular weight excluding hydrogens is 285 g/mol. The molecule has 0 spiro atoms. The Labute approximate surface area is 131 Å². The molecule has 21 heavy (non-hydrogen) atoms. The minimum atomic E-state index is -0.269. The second-order valence-electron chi connectivity index (χ2n) is 5.68. The molecule has 0 aromatic carbocycles. The summed E-state index contributed by atoms with van der Waals surface area (Å²) in [7, 11) is 0. The molecule has 0 amide bonds. The van der Waals surface area contributed by atoms with Gasteiger partial charge >= 0.3 is 0 Å². The van der Waals surface area contributed by atoms with E-state index in [4.69, 9.17) is 0 Å². The number of rotatable bonds is 7. The molecule has 1 fully saturated rings. The molecule has 0 radical (unpaired) electrons. The highest BCUT2D eigenvalue weighted by Gasteiger charge is 2.19. The Morgan fingerprint density at radius 1 is 1.52 bits per heavy atom. The van der Waals surface area contributed by atoms with Crippen LogP contribution in [0.25, 0.3) is 0 Å². The van der Waals surface area contributed by atoms with Crippen LogP contribution < -0.4 is 5.32 Å². The molecular formula is C16H26FN3S. The Morgan fingerprint density at radius 3 is 3.05 bits per heavy atom. The van der Waals surface area contributed by atoms with E-state index in [9.17, 15) is 4.39 Å². The first kappa shape index (κ1) is 16.7. The largest absolute Gasteiger partial charge is 0.309 e. The lowest BCUT2D eigenvalue weighted by atomic mass is 10.1. The minimum Gasteiger partial charge on any atom is -0.309 e. The fraction of sp³-hybridized carbons (Fsp3) is 0.688. The molecule has 0 aliphatic carbocycles. The number of hydrogen-bond donors (Lipinski definition) is 1. The van der Waals surface area contributed by atoms with Crippen molar-refractivity contribution in [3.8, 4) is 0 Å². The van der Waals surface area contributed by atoms with Gasteiger partial charge in [0.25, 0.3) is 0 Å². The summed E-state index contributed by atoms with van der Waals surface area (Å²) < 4.78 is 13.0. The molecule has 1 aliphatic heterocycles. The van der Waals surface area contributed by atoms with Gasteiger partial charge in [-0.2, -0.15) is 11.8 Å². The van der Waals surface area contributed by atoms with E-state index in [0.717, 1.165) is 36.9 Å². The summed E-state index contributed by atoms with van der Waals surface area (Å²) in [6.45, 7) is 8.84. The van der Waals surface area contributed by atoms with Crippen molar-refractivity contribution in [1.29, 1.82) is 0 Å². The van der Waals surface area contributed by atoms with E-state index in [2.05, 4.69) is 40.8 Å². The van der Waals surface area contributed by atoms with Gasteiger partial charge in [-0.05, 0) is 31.5 Å². The van der Waals surface area contributed by atoms with Gasteiger partial charge in [0, 0.05) is 30.6 Å². The molecule has 5 heteroatoms. The van der Waals surface area contributed by atoms with Crippen LogP contribution in [0, 0.1) is 5.82 Å². The normalized spacial score (nSPS) is 21.4. The highest BCUT2D eigenvalue weighted by Crippen LogP contribution is 2.20. The molecule has 2 rings (SSSR count). The Hall–Kier alpha value is -0.650. The van der Waals surface area contributed by atoms with Gasteiger partial charge in [0.05, 0.1) is 17.9 Å². The molecule has 1 N–H and O–H groups in total. The van der Waals surface area contributed by atoms with E-state index in [0.29, 0.717) is 0 Å². The zero-order valence-electron chi connectivity index (χ0n) is 13.0. The minimum absolute atomic E-state index is 0.218. The number of hydrogen-bond acceptors (Lipinski definition) is 4. The molecule has 1 aromatic rings.